The summed E-state index contributed by atoms with van der Waals surface area (Å²) in [6.07, 6.45) is 1.76. The third-order valence-electron chi connectivity index (χ3n) is 3.19. The maximum Gasteiger partial charge on any atom is 0.318 e. The number of nitrogens with zero attached hydrogens (tertiary/aromatic N) is 3. The highest BCUT2D eigenvalue weighted by Gasteiger charge is 2.21. The van der Waals surface area contributed by atoms with Crippen molar-refractivity contribution in [2.75, 3.05) is 14.2 Å². The second-order valence-electron chi connectivity index (χ2n) is 4.69. The van der Waals surface area contributed by atoms with Crippen LogP contribution in [0.5, 0.6) is 5.75 Å². The first-order valence-corrected chi connectivity index (χ1v) is 7.92. The van der Waals surface area contributed by atoms with Crippen LogP contribution in [-0.2, 0) is 16.1 Å². The average Bonchev–Trinajstić information content (AvgIpc) is 2.96. The second-order valence-corrected chi connectivity index (χ2v) is 6.00. The minimum Gasteiger partial charge on any atom is -0.496 e. The molecule has 1 atom stereocenters. The first-order valence-electron chi connectivity index (χ1n) is 7.04. The third-order valence-corrected chi connectivity index (χ3v) is 4.25. The molecule has 0 saturated carbocycles. The fraction of sp³-hybridized carbons (Fsp3) is 0.312. The number of allylic oxidation sites excluding steroid dienone is 1. The Morgan fingerprint density at radius 3 is 2.78 bits per heavy atom. The van der Waals surface area contributed by atoms with Crippen LogP contribution in [0, 0.1) is 0 Å². The van der Waals surface area contributed by atoms with Crippen molar-refractivity contribution in [1.29, 1.82) is 0 Å². The Morgan fingerprint density at radius 2 is 2.13 bits per heavy atom. The topological polar surface area (TPSA) is 66.2 Å². The molecule has 23 heavy (non-hydrogen) atoms. The molecule has 1 aromatic heterocycles. The zero-order chi connectivity index (χ0) is 16.8. The van der Waals surface area contributed by atoms with Crippen molar-refractivity contribution in [2.24, 2.45) is 0 Å². The molecule has 0 fully saturated rings. The van der Waals surface area contributed by atoms with Crippen LogP contribution in [0.25, 0.3) is 11.4 Å². The van der Waals surface area contributed by atoms with Gasteiger partial charge in [0.2, 0.25) is 0 Å². The van der Waals surface area contributed by atoms with E-state index >= 15 is 0 Å². The molecule has 1 unspecified atom stereocenters. The Bertz CT molecular complexity index is 700. The first-order chi connectivity index (χ1) is 11.1. The van der Waals surface area contributed by atoms with Gasteiger partial charge < -0.3 is 9.47 Å². The lowest BCUT2D eigenvalue weighted by molar-refractivity contribution is -0.139. The number of carbonyl (C=O) groups excluding carboxylic acids is 1. The van der Waals surface area contributed by atoms with Crippen LogP contribution in [0.4, 0.5) is 0 Å². The van der Waals surface area contributed by atoms with Gasteiger partial charge in [-0.2, -0.15) is 0 Å². The lowest BCUT2D eigenvalue weighted by Crippen LogP contribution is -2.15. The quantitative estimate of drug-likeness (QED) is 0.441. The highest BCUT2D eigenvalue weighted by molar-refractivity contribution is 8.00. The highest BCUT2D eigenvalue weighted by Crippen LogP contribution is 2.32. The minimum atomic E-state index is -0.377. The average molecular weight is 333 g/mol. The maximum atomic E-state index is 11.6. The van der Waals surface area contributed by atoms with Gasteiger partial charge in [-0.3, -0.25) is 9.36 Å². The predicted octanol–water partition coefficient (Wildman–Crippen LogP) is 2.79. The summed E-state index contributed by atoms with van der Waals surface area (Å²) in [6.45, 7) is 6.07. The van der Waals surface area contributed by atoms with Gasteiger partial charge in [0.1, 0.15) is 11.0 Å². The standard InChI is InChI=1S/C16H19N3O3S/c1-5-10-19-14(12-8-6-7-9-13(12)21-3)17-18-16(19)23-11(2)15(20)22-4/h5-9,11H,1,10H2,2-4H3. The predicted molar refractivity (Wildman–Crippen MR) is 89.5 cm³/mol. The van der Waals surface area contributed by atoms with Crippen molar-refractivity contribution >= 4 is 17.7 Å². The normalized spacial score (nSPS) is 11.8. The summed E-state index contributed by atoms with van der Waals surface area (Å²) >= 11 is 1.30. The summed E-state index contributed by atoms with van der Waals surface area (Å²) in [7, 11) is 2.98. The van der Waals surface area contributed by atoms with Crippen LogP contribution in [0.15, 0.2) is 42.1 Å². The molecule has 7 heteroatoms. The Morgan fingerprint density at radius 1 is 1.39 bits per heavy atom. The summed E-state index contributed by atoms with van der Waals surface area (Å²) in [4.78, 5) is 11.6. The maximum absolute atomic E-state index is 11.6. The van der Waals surface area contributed by atoms with Gasteiger partial charge in [-0.05, 0) is 19.1 Å². The molecule has 1 heterocycles. The molecule has 6 nitrogen and oxygen atoms in total. The summed E-state index contributed by atoms with van der Waals surface area (Å²) in [6, 6.07) is 7.59. The molecule has 0 N–H and O–H groups in total. The molecule has 0 aliphatic heterocycles. The number of thioether (sulfide) groups is 1. The van der Waals surface area contributed by atoms with E-state index in [2.05, 4.69) is 16.8 Å². The molecular formula is C16H19N3O3S. The van der Waals surface area contributed by atoms with E-state index in [1.165, 1.54) is 18.9 Å². The Labute approximate surface area is 139 Å². The number of methoxy groups -OCH3 is 2. The molecule has 1 aromatic carbocycles. The SMILES string of the molecule is C=CCn1c(SC(C)C(=O)OC)nnc1-c1ccccc1OC. The molecule has 0 spiro atoms. The van der Waals surface area contributed by atoms with E-state index < -0.39 is 0 Å². The lowest BCUT2D eigenvalue weighted by atomic mass is 10.2. The van der Waals surface area contributed by atoms with Crippen molar-refractivity contribution in [3.8, 4) is 17.1 Å². The van der Waals surface area contributed by atoms with Crippen LogP contribution in [0.1, 0.15) is 6.92 Å². The van der Waals surface area contributed by atoms with Gasteiger partial charge in [0.05, 0.1) is 19.8 Å². The van der Waals surface area contributed by atoms with E-state index in [-0.39, 0.29) is 11.2 Å². The highest BCUT2D eigenvalue weighted by atomic mass is 32.2. The van der Waals surface area contributed by atoms with Gasteiger partial charge in [-0.25, -0.2) is 0 Å². The number of benzene rings is 1. The van der Waals surface area contributed by atoms with Crippen LogP contribution < -0.4 is 4.74 Å². The van der Waals surface area contributed by atoms with E-state index in [9.17, 15) is 4.79 Å². The molecule has 0 amide bonds. The summed E-state index contributed by atoms with van der Waals surface area (Å²) < 4.78 is 12.0. The van der Waals surface area contributed by atoms with E-state index in [0.717, 1.165) is 5.56 Å². The van der Waals surface area contributed by atoms with Gasteiger partial charge in [0.15, 0.2) is 11.0 Å². The Hall–Kier alpha value is -2.28. The molecule has 0 saturated heterocycles. The second kappa shape index (κ2) is 7.82. The van der Waals surface area contributed by atoms with Crippen LogP contribution in [0.2, 0.25) is 0 Å². The third kappa shape index (κ3) is 3.73. The zero-order valence-electron chi connectivity index (χ0n) is 13.4. The molecule has 0 bridgehead atoms. The van der Waals surface area contributed by atoms with Crippen LogP contribution >= 0.6 is 11.8 Å². The molecule has 2 aromatic rings. The van der Waals surface area contributed by atoms with Crippen LogP contribution in [-0.4, -0.2) is 40.2 Å². The van der Waals surface area contributed by atoms with Gasteiger partial charge in [-0.15, -0.1) is 16.8 Å². The number of esters is 1. The largest absolute Gasteiger partial charge is 0.496 e. The number of para-hydroxylation sites is 1. The molecule has 2 rings (SSSR count). The minimum absolute atomic E-state index is 0.304. The number of rotatable bonds is 7. The van der Waals surface area contributed by atoms with Crippen molar-refractivity contribution < 1.29 is 14.3 Å². The van der Waals surface area contributed by atoms with Gasteiger partial charge in [-0.1, -0.05) is 30.0 Å². The summed E-state index contributed by atoms with van der Waals surface area (Å²) in [5, 5.41) is 8.72. The number of aromatic nitrogens is 3. The van der Waals surface area contributed by atoms with Crippen molar-refractivity contribution in [1.82, 2.24) is 14.8 Å². The molecule has 0 aliphatic rings. The Balaban J connectivity index is 2.42. The van der Waals surface area contributed by atoms with Crippen molar-refractivity contribution in [3.05, 3.63) is 36.9 Å². The Kier molecular flexibility index (Phi) is 5.81. The molecule has 122 valence electrons. The van der Waals surface area contributed by atoms with Gasteiger partial charge >= 0.3 is 5.97 Å². The summed E-state index contributed by atoms with van der Waals surface area (Å²) in [5.41, 5.74) is 0.835. The van der Waals surface area contributed by atoms with Crippen LogP contribution in [0.3, 0.4) is 0 Å². The zero-order valence-corrected chi connectivity index (χ0v) is 14.2. The van der Waals surface area contributed by atoms with Crippen molar-refractivity contribution in [2.45, 2.75) is 23.9 Å². The number of ether oxygens (including phenoxy) is 2. The van der Waals surface area contributed by atoms with Gasteiger partial charge in [0.25, 0.3) is 0 Å². The van der Waals surface area contributed by atoms with E-state index in [1.54, 1.807) is 20.1 Å². The van der Waals surface area contributed by atoms with Crippen molar-refractivity contribution in [3.63, 3.8) is 0 Å². The molecular weight excluding hydrogens is 314 g/mol. The monoisotopic (exact) mass is 333 g/mol. The summed E-state index contributed by atoms with van der Waals surface area (Å²) in [5.74, 6) is 1.08. The number of carbonyl (C=O) groups is 1. The van der Waals surface area contributed by atoms with E-state index in [4.69, 9.17) is 9.47 Å². The van der Waals surface area contributed by atoms with E-state index in [0.29, 0.717) is 23.3 Å². The van der Waals surface area contributed by atoms with E-state index in [1.807, 2.05) is 28.8 Å². The van der Waals surface area contributed by atoms with Gasteiger partial charge in [0, 0.05) is 6.54 Å². The molecule has 0 aliphatic carbocycles. The smallest absolute Gasteiger partial charge is 0.318 e. The number of hydrogen-bond acceptors (Lipinski definition) is 6. The fourth-order valence-corrected chi connectivity index (χ4v) is 2.96. The lowest BCUT2D eigenvalue weighted by Gasteiger charge is -2.12. The molecule has 0 radical (unpaired) electrons. The fourth-order valence-electron chi connectivity index (χ4n) is 2.07. The number of hydrogen-bond donors (Lipinski definition) is 0. The first kappa shape index (κ1) is 17.1.